The molecule has 4 nitrogen and oxygen atoms in total. The van der Waals surface area contributed by atoms with Gasteiger partial charge >= 0.3 is 0 Å². The maximum Gasteiger partial charge on any atom is 0.251 e. The van der Waals surface area contributed by atoms with Crippen LogP contribution in [-0.4, -0.2) is 28.8 Å². The molecule has 1 aromatic carbocycles. The van der Waals surface area contributed by atoms with E-state index in [-0.39, 0.29) is 5.91 Å². The lowest BCUT2D eigenvalue weighted by atomic mass is 9.86. The third-order valence-corrected chi connectivity index (χ3v) is 3.66. The highest BCUT2D eigenvalue weighted by atomic mass is 16.5. The first kappa shape index (κ1) is 17.5. The molecule has 1 amide bonds. The van der Waals surface area contributed by atoms with Crippen LogP contribution < -0.4 is 10.1 Å². The summed E-state index contributed by atoms with van der Waals surface area (Å²) >= 11 is 0. The summed E-state index contributed by atoms with van der Waals surface area (Å²) in [6.07, 6.45) is 0. The van der Waals surface area contributed by atoms with Gasteiger partial charge in [0, 0.05) is 5.56 Å². The zero-order valence-corrected chi connectivity index (χ0v) is 13.9. The van der Waals surface area contributed by atoms with E-state index in [0.717, 1.165) is 5.75 Å². The maximum absolute atomic E-state index is 12.2. The number of rotatable bonds is 6. The van der Waals surface area contributed by atoms with Crippen LogP contribution in [0.1, 0.15) is 51.9 Å². The van der Waals surface area contributed by atoms with E-state index < -0.39 is 11.1 Å². The third kappa shape index (κ3) is 5.05. The van der Waals surface area contributed by atoms with Crippen molar-refractivity contribution in [2.24, 2.45) is 5.92 Å². The molecule has 1 aromatic rings. The minimum Gasteiger partial charge on any atom is -0.493 e. The van der Waals surface area contributed by atoms with Gasteiger partial charge in [-0.3, -0.25) is 4.79 Å². The minimum absolute atomic E-state index is 0.211. The van der Waals surface area contributed by atoms with Gasteiger partial charge in [0.25, 0.3) is 5.91 Å². The van der Waals surface area contributed by atoms with Crippen molar-refractivity contribution in [2.45, 2.75) is 52.7 Å². The number of hydrogen-bond acceptors (Lipinski definition) is 3. The van der Waals surface area contributed by atoms with Crippen LogP contribution in [0.3, 0.4) is 0 Å². The molecule has 1 rings (SSSR count). The van der Waals surface area contributed by atoms with E-state index in [9.17, 15) is 9.90 Å². The molecule has 0 aliphatic carbocycles. The monoisotopic (exact) mass is 293 g/mol. The number of carbonyl (C=O) groups is 1. The van der Waals surface area contributed by atoms with Crippen LogP contribution in [0.25, 0.3) is 0 Å². The van der Waals surface area contributed by atoms with Gasteiger partial charge in [0.1, 0.15) is 5.75 Å². The highest BCUT2D eigenvalue weighted by Crippen LogP contribution is 2.21. The Labute approximate surface area is 127 Å². The number of aliphatic hydroxyl groups is 1. The van der Waals surface area contributed by atoms with Crippen LogP contribution >= 0.6 is 0 Å². The standard InChI is InChI=1S/C17H27NO3/c1-12(2)11-21-14-9-7-13(8-10-14)15(19)18-16(3,4)17(5,6)20/h7-10,12,20H,11H2,1-6H3,(H,18,19). The fourth-order valence-corrected chi connectivity index (χ4v) is 1.47. The first-order chi connectivity index (χ1) is 9.53. The van der Waals surface area contributed by atoms with Crippen LogP contribution in [0.5, 0.6) is 5.75 Å². The summed E-state index contributed by atoms with van der Waals surface area (Å²) in [5.74, 6) is 1.00. The number of hydrogen-bond donors (Lipinski definition) is 2. The van der Waals surface area contributed by atoms with Gasteiger partial charge in [0.15, 0.2) is 0 Å². The molecule has 0 aliphatic rings. The molecular formula is C17H27NO3. The van der Waals surface area contributed by atoms with Crippen molar-refractivity contribution in [1.29, 1.82) is 0 Å². The van der Waals surface area contributed by atoms with E-state index in [1.807, 2.05) is 0 Å². The molecule has 0 bridgehead atoms. The second-order valence-corrected chi connectivity index (χ2v) is 6.87. The first-order valence-electron chi connectivity index (χ1n) is 7.30. The van der Waals surface area contributed by atoms with Crippen molar-refractivity contribution >= 4 is 5.91 Å². The summed E-state index contributed by atoms with van der Waals surface area (Å²) in [5.41, 5.74) is -1.19. The average molecular weight is 293 g/mol. The molecule has 0 spiro atoms. The third-order valence-electron chi connectivity index (χ3n) is 3.66. The number of nitrogens with one attached hydrogen (secondary N) is 1. The molecule has 2 N–H and O–H groups in total. The lowest BCUT2D eigenvalue weighted by molar-refractivity contribution is -0.00292. The van der Waals surface area contributed by atoms with Crippen molar-refractivity contribution < 1.29 is 14.6 Å². The van der Waals surface area contributed by atoms with Crippen LogP contribution in [0.4, 0.5) is 0 Å². The van der Waals surface area contributed by atoms with Crippen LogP contribution in [-0.2, 0) is 0 Å². The maximum atomic E-state index is 12.2. The molecule has 0 fully saturated rings. The quantitative estimate of drug-likeness (QED) is 0.847. The van der Waals surface area contributed by atoms with Crippen molar-refractivity contribution in [3.63, 3.8) is 0 Å². The summed E-state index contributed by atoms with van der Waals surface area (Å²) in [6.45, 7) is 11.8. The van der Waals surface area contributed by atoms with Crippen LogP contribution in [0.15, 0.2) is 24.3 Å². The van der Waals surface area contributed by atoms with E-state index in [4.69, 9.17) is 4.74 Å². The van der Waals surface area contributed by atoms with Crippen molar-refractivity contribution in [3.8, 4) is 5.75 Å². The fraction of sp³-hybridized carbons (Fsp3) is 0.588. The summed E-state index contributed by atoms with van der Waals surface area (Å²) in [7, 11) is 0. The Morgan fingerprint density at radius 1 is 1.19 bits per heavy atom. The predicted octanol–water partition coefficient (Wildman–Crippen LogP) is 3.00. The smallest absolute Gasteiger partial charge is 0.251 e. The Morgan fingerprint density at radius 3 is 2.14 bits per heavy atom. The van der Waals surface area contributed by atoms with Gasteiger partial charge in [-0.15, -0.1) is 0 Å². The summed E-state index contributed by atoms with van der Waals surface area (Å²) in [4.78, 5) is 12.2. The second-order valence-electron chi connectivity index (χ2n) is 6.87. The zero-order valence-electron chi connectivity index (χ0n) is 13.9. The average Bonchev–Trinajstić information content (AvgIpc) is 2.35. The molecule has 0 radical (unpaired) electrons. The molecular weight excluding hydrogens is 266 g/mol. The Morgan fingerprint density at radius 2 is 1.71 bits per heavy atom. The van der Waals surface area contributed by atoms with Crippen molar-refractivity contribution in [3.05, 3.63) is 29.8 Å². The Hall–Kier alpha value is -1.55. The van der Waals surface area contributed by atoms with Crippen molar-refractivity contribution in [1.82, 2.24) is 5.32 Å². The lowest BCUT2D eigenvalue weighted by Crippen LogP contribution is -2.57. The van der Waals surface area contributed by atoms with E-state index in [1.165, 1.54) is 0 Å². The van der Waals surface area contributed by atoms with Crippen LogP contribution in [0.2, 0.25) is 0 Å². The molecule has 0 aliphatic heterocycles. The minimum atomic E-state index is -1.01. The number of ether oxygens (including phenoxy) is 1. The predicted molar refractivity (Wildman–Crippen MR) is 84.6 cm³/mol. The van der Waals surface area contributed by atoms with E-state index in [2.05, 4.69) is 19.2 Å². The summed E-state index contributed by atoms with van der Waals surface area (Å²) < 4.78 is 5.59. The zero-order chi connectivity index (χ0) is 16.3. The van der Waals surface area contributed by atoms with Gasteiger partial charge in [-0.05, 0) is 57.9 Å². The number of carbonyl (C=O) groups excluding carboxylic acids is 1. The SMILES string of the molecule is CC(C)COc1ccc(C(=O)NC(C)(C)C(C)(C)O)cc1. The van der Waals surface area contributed by atoms with Gasteiger partial charge < -0.3 is 15.2 Å². The molecule has 21 heavy (non-hydrogen) atoms. The molecule has 0 saturated carbocycles. The Balaban J connectivity index is 2.72. The van der Waals surface area contributed by atoms with Gasteiger partial charge in [0.2, 0.25) is 0 Å². The van der Waals surface area contributed by atoms with Crippen molar-refractivity contribution in [2.75, 3.05) is 6.61 Å². The van der Waals surface area contributed by atoms with Gasteiger partial charge in [-0.25, -0.2) is 0 Å². The molecule has 0 unspecified atom stereocenters. The fourth-order valence-electron chi connectivity index (χ4n) is 1.47. The summed E-state index contributed by atoms with van der Waals surface area (Å²) in [6, 6.07) is 7.03. The molecule has 118 valence electrons. The molecule has 0 aromatic heterocycles. The Bertz CT molecular complexity index is 470. The topological polar surface area (TPSA) is 58.6 Å². The lowest BCUT2D eigenvalue weighted by Gasteiger charge is -2.38. The van der Waals surface area contributed by atoms with Gasteiger partial charge in [0.05, 0.1) is 17.7 Å². The molecule has 0 atom stereocenters. The van der Waals surface area contributed by atoms with E-state index in [0.29, 0.717) is 18.1 Å². The molecule has 4 heteroatoms. The highest BCUT2D eigenvalue weighted by molar-refractivity contribution is 5.94. The summed E-state index contributed by atoms with van der Waals surface area (Å²) in [5, 5.41) is 12.9. The number of amides is 1. The number of benzene rings is 1. The highest BCUT2D eigenvalue weighted by Gasteiger charge is 2.36. The molecule has 0 heterocycles. The normalized spacial score (nSPS) is 12.4. The Kier molecular flexibility index (Phi) is 5.40. The largest absolute Gasteiger partial charge is 0.493 e. The van der Waals surface area contributed by atoms with E-state index >= 15 is 0 Å². The van der Waals surface area contributed by atoms with Gasteiger partial charge in [-0.1, -0.05) is 13.8 Å². The van der Waals surface area contributed by atoms with Gasteiger partial charge in [-0.2, -0.15) is 0 Å². The second kappa shape index (κ2) is 6.48. The van der Waals surface area contributed by atoms with E-state index in [1.54, 1.807) is 52.0 Å². The molecule has 0 saturated heterocycles. The van der Waals surface area contributed by atoms with Crippen LogP contribution in [0, 0.1) is 5.92 Å². The first-order valence-corrected chi connectivity index (χ1v) is 7.30.